The van der Waals surface area contributed by atoms with Gasteiger partial charge in [-0.05, 0) is 56.4 Å². The molecule has 1 aromatic carbocycles. The third-order valence-corrected chi connectivity index (χ3v) is 6.14. The van der Waals surface area contributed by atoms with Gasteiger partial charge in [0.25, 0.3) is 5.56 Å². The molecular weight excluding hydrogens is 452 g/mol. The van der Waals surface area contributed by atoms with Gasteiger partial charge in [0.15, 0.2) is 5.82 Å². The van der Waals surface area contributed by atoms with Gasteiger partial charge in [0.2, 0.25) is 0 Å². The Morgan fingerprint density at radius 2 is 2.06 bits per heavy atom. The van der Waals surface area contributed by atoms with Gasteiger partial charge in [0, 0.05) is 6.20 Å². The average Bonchev–Trinajstić information content (AvgIpc) is 3.64. The molecule has 4 aromatic rings. The van der Waals surface area contributed by atoms with Gasteiger partial charge >= 0.3 is 0 Å². The van der Waals surface area contributed by atoms with E-state index in [1.54, 1.807) is 31.3 Å². The smallest absolute Gasteiger partial charge is 0.267 e. The second-order valence-corrected chi connectivity index (χ2v) is 8.76. The molecule has 0 unspecified atom stereocenters. The fourth-order valence-electron chi connectivity index (χ4n) is 4.03. The molecule has 1 aliphatic carbocycles. The van der Waals surface area contributed by atoms with Gasteiger partial charge in [-0.3, -0.25) is 14.3 Å². The summed E-state index contributed by atoms with van der Waals surface area (Å²) in [7, 11) is 0. The number of anilines is 2. The van der Waals surface area contributed by atoms with Gasteiger partial charge < -0.3 is 11.1 Å². The minimum Gasteiger partial charge on any atom is -0.382 e. The molecule has 9 nitrogen and oxygen atoms in total. The molecule has 0 radical (unpaired) electrons. The average molecular weight is 473 g/mol. The van der Waals surface area contributed by atoms with Crippen molar-refractivity contribution in [2.45, 2.75) is 38.6 Å². The Morgan fingerprint density at radius 3 is 2.79 bits per heavy atom. The van der Waals surface area contributed by atoms with Gasteiger partial charge in [0.1, 0.15) is 29.1 Å². The minimum atomic E-state index is -0.526. The summed E-state index contributed by atoms with van der Waals surface area (Å²) in [5.41, 5.74) is 7.92. The van der Waals surface area contributed by atoms with Crippen molar-refractivity contribution < 1.29 is 0 Å². The van der Waals surface area contributed by atoms with Gasteiger partial charge in [-0.25, -0.2) is 15.0 Å². The second kappa shape index (κ2) is 8.39. The Morgan fingerprint density at radius 1 is 1.26 bits per heavy atom. The summed E-state index contributed by atoms with van der Waals surface area (Å²) in [6, 6.07) is 8.65. The van der Waals surface area contributed by atoms with Crippen LogP contribution in [-0.2, 0) is 0 Å². The topological polar surface area (TPSA) is 135 Å². The summed E-state index contributed by atoms with van der Waals surface area (Å²) in [4.78, 5) is 31.3. The maximum Gasteiger partial charge on any atom is 0.267 e. The van der Waals surface area contributed by atoms with Crippen molar-refractivity contribution in [2.75, 3.05) is 11.1 Å². The lowest BCUT2D eigenvalue weighted by Crippen LogP contribution is -2.28. The number of benzene rings is 1. The highest BCUT2D eigenvalue weighted by Crippen LogP contribution is 2.40. The highest BCUT2D eigenvalue weighted by molar-refractivity contribution is 6.35. The Kier molecular flexibility index (Phi) is 5.38. The van der Waals surface area contributed by atoms with E-state index in [-0.39, 0.29) is 22.8 Å². The SMILES string of the molecule is Cc1nc(N)c(C#N)c(N[C@@H](C)c2nc3cccc(Cl)c3c(=O)n2-c2cncc(C3CC3)c2)n1. The Hall–Kier alpha value is -4.03. The van der Waals surface area contributed by atoms with E-state index >= 15 is 0 Å². The number of nitrogens with one attached hydrogen (secondary N) is 1. The molecule has 1 atom stereocenters. The molecule has 10 heteroatoms. The van der Waals surface area contributed by atoms with E-state index in [4.69, 9.17) is 22.3 Å². The summed E-state index contributed by atoms with van der Waals surface area (Å²) in [5, 5.41) is 13.4. The predicted molar refractivity (Wildman–Crippen MR) is 130 cm³/mol. The van der Waals surface area contributed by atoms with Crippen molar-refractivity contribution in [3.05, 3.63) is 74.8 Å². The van der Waals surface area contributed by atoms with Gasteiger partial charge in [0.05, 0.1) is 33.9 Å². The van der Waals surface area contributed by atoms with Crippen molar-refractivity contribution >= 4 is 34.1 Å². The quantitative estimate of drug-likeness (QED) is 0.444. The number of nitrogens with zero attached hydrogens (tertiary/aromatic N) is 6. The van der Waals surface area contributed by atoms with E-state index < -0.39 is 6.04 Å². The molecule has 34 heavy (non-hydrogen) atoms. The first-order chi connectivity index (χ1) is 16.4. The number of aromatic nitrogens is 5. The van der Waals surface area contributed by atoms with Crippen LogP contribution in [0.25, 0.3) is 16.6 Å². The number of hydrogen-bond acceptors (Lipinski definition) is 8. The Bertz CT molecular complexity index is 1540. The number of nitrogens with two attached hydrogens (primary N) is 1. The molecule has 170 valence electrons. The van der Waals surface area contributed by atoms with Crippen molar-refractivity contribution in [1.82, 2.24) is 24.5 Å². The normalized spacial score (nSPS) is 14.1. The van der Waals surface area contributed by atoms with Crippen LogP contribution in [0.15, 0.2) is 41.5 Å². The first kappa shape index (κ1) is 21.8. The molecule has 3 N–H and O–H groups in total. The number of pyridine rings is 1. The van der Waals surface area contributed by atoms with Gasteiger partial charge in [-0.15, -0.1) is 0 Å². The van der Waals surface area contributed by atoms with Crippen LogP contribution < -0.4 is 16.6 Å². The fourth-order valence-corrected chi connectivity index (χ4v) is 4.28. The zero-order valence-corrected chi connectivity index (χ0v) is 19.3. The monoisotopic (exact) mass is 472 g/mol. The van der Waals surface area contributed by atoms with E-state index in [1.165, 1.54) is 4.57 Å². The van der Waals surface area contributed by atoms with Crippen LogP contribution in [0.4, 0.5) is 11.6 Å². The zero-order valence-electron chi connectivity index (χ0n) is 18.6. The molecule has 1 saturated carbocycles. The third kappa shape index (κ3) is 3.82. The van der Waals surface area contributed by atoms with Crippen molar-refractivity contribution in [3.8, 4) is 11.8 Å². The molecule has 0 saturated heterocycles. The molecule has 1 aliphatic rings. The summed E-state index contributed by atoms with van der Waals surface area (Å²) in [6.45, 7) is 3.52. The maximum atomic E-state index is 13.7. The van der Waals surface area contributed by atoms with Crippen LogP contribution in [0.1, 0.15) is 54.5 Å². The van der Waals surface area contributed by atoms with Crippen molar-refractivity contribution in [3.63, 3.8) is 0 Å². The van der Waals surface area contributed by atoms with Gasteiger partial charge in [-0.2, -0.15) is 5.26 Å². The first-order valence-electron chi connectivity index (χ1n) is 10.8. The van der Waals surface area contributed by atoms with Crippen LogP contribution >= 0.6 is 11.6 Å². The molecular formula is C24H21ClN8O. The second-order valence-electron chi connectivity index (χ2n) is 8.35. The standard InChI is InChI=1S/C24H21ClN8O/c1-12(29-22-17(9-26)21(27)30-13(2)31-22)23-32-19-5-3-4-18(25)20(19)24(34)33(23)16-8-15(10-28-11-16)14-6-7-14/h3-5,8,10-12,14H,6-7H2,1-2H3,(H3,27,29,30,31)/t12-/m0/s1. The van der Waals surface area contributed by atoms with Gasteiger partial charge in [-0.1, -0.05) is 17.7 Å². The number of aryl methyl sites for hydroxylation is 1. The van der Waals surface area contributed by atoms with Crippen LogP contribution in [0, 0.1) is 18.3 Å². The predicted octanol–water partition coefficient (Wildman–Crippen LogP) is 4.04. The maximum absolute atomic E-state index is 13.7. The van der Waals surface area contributed by atoms with E-state index in [2.05, 4.69) is 20.3 Å². The van der Waals surface area contributed by atoms with Crippen LogP contribution in [-0.4, -0.2) is 24.5 Å². The Balaban J connectivity index is 1.71. The molecule has 3 heterocycles. The molecule has 0 spiro atoms. The molecule has 3 aromatic heterocycles. The highest BCUT2D eigenvalue weighted by atomic mass is 35.5. The molecule has 0 amide bonds. The highest BCUT2D eigenvalue weighted by Gasteiger charge is 2.26. The first-order valence-corrected chi connectivity index (χ1v) is 11.2. The molecule has 5 rings (SSSR count). The number of hydrogen-bond donors (Lipinski definition) is 2. The van der Waals surface area contributed by atoms with Crippen LogP contribution in [0.5, 0.6) is 0 Å². The van der Waals surface area contributed by atoms with E-state index in [0.29, 0.717) is 39.2 Å². The summed E-state index contributed by atoms with van der Waals surface area (Å²) >= 11 is 6.40. The minimum absolute atomic E-state index is 0.0849. The number of nitrogen functional groups attached to an aromatic ring is 1. The largest absolute Gasteiger partial charge is 0.382 e. The number of nitriles is 1. The van der Waals surface area contributed by atoms with Crippen molar-refractivity contribution in [2.24, 2.45) is 0 Å². The number of halogens is 1. The van der Waals surface area contributed by atoms with E-state index in [9.17, 15) is 10.1 Å². The zero-order chi connectivity index (χ0) is 24.0. The molecule has 1 fully saturated rings. The van der Waals surface area contributed by atoms with E-state index in [1.807, 2.05) is 25.3 Å². The summed E-state index contributed by atoms with van der Waals surface area (Å²) < 4.78 is 1.52. The number of fused-ring (bicyclic) bond motifs is 1. The lowest BCUT2D eigenvalue weighted by molar-refractivity contribution is 0.727. The van der Waals surface area contributed by atoms with Crippen LogP contribution in [0.3, 0.4) is 0 Å². The summed E-state index contributed by atoms with van der Waals surface area (Å²) in [6.07, 6.45) is 5.69. The number of rotatable bonds is 5. The Labute approximate surface area is 200 Å². The summed E-state index contributed by atoms with van der Waals surface area (Å²) in [5.74, 6) is 1.67. The van der Waals surface area contributed by atoms with Crippen molar-refractivity contribution in [1.29, 1.82) is 5.26 Å². The van der Waals surface area contributed by atoms with Crippen LogP contribution in [0.2, 0.25) is 5.02 Å². The lowest BCUT2D eigenvalue weighted by atomic mass is 10.1. The fraction of sp³-hybridized carbons (Fsp3) is 0.250. The lowest BCUT2D eigenvalue weighted by Gasteiger charge is -2.21. The molecule has 0 aliphatic heterocycles. The third-order valence-electron chi connectivity index (χ3n) is 5.83. The molecule has 0 bridgehead atoms. The van der Waals surface area contributed by atoms with E-state index in [0.717, 1.165) is 18.4 Å².